The highest BCUT2D eigenvalue weighted by Gasteiger charge is 2.36. The Balaban J connectivity index is 4.64. The normalized spacial score (nSPS) is 18.0. The molecule has 100 valence electrons. The number of carbonyl (C=O) groups is 2. The van der Waals surface area contributed by atoms with Gasteiger partial charge < -0.3 is 31.3 Å². The van der Waals surface area contributed by atoms with Gasteiger partial charge in [0.05, 0.1) is 6.61 Å². The summed E-state index contributed by atoms with van der Waals surface area (Å²) in [4.78, 5) is 22.3. The van der Waals surface area contributed by atoms with Gasteiger partial charge in [-0.15, -0.1) is 0 Å². The third-order valence-corrected chi connectivity index (χ3v) is 2.17. The molecule has 0 aromatic carbocycles. The van der Waals surface area contributed by atoms with Gasteiger partial charge >= 0.3 is 6.03 Å². The summed E-state index contributed by atoms with van der Waals surface area (Å²) >= 11 is 0. The standard InChI is InChI=1S/C8H16N2O7/c1-10(8(9)17)7(16)6(15)5(14)4(13)3(12)2-11/h3-6,11-15H,2H2,1H3,(H2,9,17)/t3-,4-,5+,6-/m1/s1. The van der Waals surface area contributed by atoms with Crippen LogP contribution in [-0.4, -0.2) is 80.4 Å². The largest absolute Gasteiger partial charge is 0.394 e. The maximum atomic E-state index is 11.3. The van der Waals surface area contributed by atoms with E-state index in [1.807, 2.05) is 0 Å². The molecule has 0 fully saturated rings. The summed E-state index contributed by atoms with van der Waals surface area (Å²) in [5.41, 5.74) is 4.76. The molecule has 0 rings (SSSR count). The Morgan fingerprint density at radius 2 is 1.65 bits per heavy atom. The van der Waals surface area contributed by atoms with E-state index in [9.17, 15) is 24.9 Å². The highest BCUT2D eigenvalue weighted by molar-refractivity contribution is 5.95. The van der Waals surface area contributed by atoms with Gasteiger partial charge in [0.15, 0.2) is 6.10 Å². The number of hydrogen-bond donors (Lipinski definition) is 6. The lowest BCUT2D eigenvalue weighted by molar-refractivity contribution is -0.154. The molecule has 4 atom stereocenters. The fourth-order valence-electron chi connectivity index (χ4n) is 0.975. The Bertz CT molecular complexity index is 285. The number of imide groups is 1. The van der Waals surface area contributed by atoms with Crippen molar-refractivity contribution in [3.63, 3.8) is 0 Å². The minimum Gasteiger partial charge on any atom is -0.394 e. The van der Waals surface area contributed by atoms with Crippen LogP contribution >= 0.6 is 0 Å². The second-order valence-electron chi connectivity index (χ2n) is 3.41. The fourth-order valence-corrected chi connectivity index (χ4v) is 0.975. The van der Waals surface area contributed by atoms with Gasteiger partial charge in [-0.2, -0.15) is 0 Å². The van der Waals surface area contributed by atoms with E-state index in [0.717, 1.165) is 7.05 Å². The van der Waals surface area contributed by atoms with E-state index in [1.54, 1.807) is 0 Å². The van der Waals surface area contributed by atoms with Crippen molar-refractivity contribution in [3.8, 4) is 0 Å². The molecule has 7 N–H and O–H groups in total. The number of likely N-dealkylation sites (N-methyl/N-ethyl adjacent to an activating group) is 1. The molecule has 0 aromatic heterocycles. The van der Waals surface area contributed by atoms with Crippen LogP contribution in [0.25, 0.3) is 0 Å². The quantitative estimate of drug-likeness (QED) is 0.290. The van der Waals surface area contributed by atoms with Crippen LogP contribution in [0.15, 0.2) is 0 Å². The minimum atomic E-state index is -2.15. The zero-order chi connectivity index (χ0) is 13.7. The van der Waals surface area contributed by atoms with Crippen molar-refractivity contribution in [2.45, 2.75) is 24.4 Å². The molecule has 0 saturated heterocycles. The third-order valence-electron chi connectivity index (χ3n) is 2.17. The molecule has 9 nitrogen and oxygen atoms in total. The first kappa shape index (κ1) is 15.7. The number of urea groups is 1. The first-order valence-electron chi connectivity index (χ1n) is 4.64. The van der Waals surface area contributed by atoms with E-state index >= 15 is 0 Å². The number of primary amides is 1. The first-order valence-corrected chi connectivity index (χ1v) is 4.64. The summed E-state index contributed by atoms with van der Waals surface area (Å²) in [7, 11) is 0.968. The minimum absolute atomic E-state index is 0.339. The Hall–Kier alpha value is -1.26. The van der Waals surface area contributed by atoms with Gasteiger partial charge in [0, 0.05) is 7.05 Å². The topological polar surface area (TPSA) is 165 Å². The number of nitrogens with two attached hydrogens (primary N) is 1. The lowest BCUT2D eigenvalue weighted by Gasteiger charge is -2.26. The lowest BCUT2D eigenvalue weighted by atomic mass is 10.0. The smallest absolute Gasteiger partial charge is 0.321 e. The van der Waals surface area contributed by atoms with Crippen molar-refractivity contribution < 1.29 is 35.1 Å². The molecule has 0 bridgehead atoms. The zero-order valence-electron chi connectivity index (χ0n) is 9.09. The monoisotopic (exact) mass is 252 g/mol. The van der Waals surface area contributed by atoms with Crippen LogP contribution in [0.4, 0.5) is 4.79 Å². The highest BCUT2D eigenvalue weighted by atomic mass is 16.4. The average Bonchev–Trinajstić information content (AvgIpc) is 2.32. The SMILES string of the molecule is CN(C(N)=O)C(=O)[C@H](O)[C@@H](O)[C@H](O)[C@H](O)CO. The molecule has 0 saturated carbocycles. The van der Waals surface area contributed by atoms with Crippen LogP contribution in [0.3, 0.4) is 0 Å². The molecule has 9 heteroatoms. The van der Waals surface area contributed by atoms with Gasteiger partial charge in [-0.25, -0.2) is 4.79 Å². The third kappa shape index (κ3) is 3.91. The number of nitrogens with zero attached hydrogens (tertiary/aromatic N) is 1. The molecule has 17 heavy (non-hydrogen) atoms. The Morgan fingerprint density at radius 3 is 2.00 bits per heavy atom. The first-order chi connectivity index (χ1) is 7.73. The average molecular weight is 252 g/mol. The molecule has 0 radical (unpaired) electrons. The van der Waals surface area contributed by atoms with E-state index < -0.39 is 43.0 Å². The van der Waals surface area contributed by atoms with Crippen LogP contribution in [-0.2, 0) is 4.79 Å². The van der Waals surface area contributed by atoms with Crippen molar-refractivity contribution in [3.05, 3.63) is 0 Å². The molecule has 0 aromatic rings. The van der Waals surface area contributed by atoms with Crippen molar-refractivity contribution in [1.82, 2.24) is 4.90 Å². The number of amides is 3. The van der Waals surface area contributed by atoms with E-state index in [0.29, 0.717) is 4.90 Å². The van der Waals surface area contributed by atoms with E-state index in [1.165, 1.54) is 0 Å². The number of aliphatic hydroxyl groups is 5. The molecule has 0 unspecified atom stereocenters. The Kier molecular flexibility index (Phi) is 5.99. The molecular formula is C8H16N2O7. The van der Waals surface area contributed by atoms with Gasteiger partial charge in [0.1, 0.15) is 18.3 Å². The van der Waals surface area contributed by atoms with Gasteiger partial charge in [-0.3, -0.25) is 9.69 Å². The molecular weight excluding hydrogens is 236 g/mol. The summed E-state index contributed by atoms with van der Waals surface area (Å²) in [6, 6.07) is -1.15. The summed E-state index contributed by atoms with van der Waals surface area (Å²) in [5.74, 6) is -1.24. The van der Waals surface area contributed by atoms with Gasteiger partial charge in [-0.1, -0.05) is 0 Å². The van der Waals surface area contributed by atoms with Crippen LogP contribution in [0.2, 0.25) is 0 Å². The number of rotatable bonds is 5. The van der Waals surface area contributed by atoms with Crippen molar-refractivity contribution in [2.75, 3.05) is 13.7 Å². The zero-order valence-corrected chi connectivity index (χ0v) is 9.09. The molecule has 3 amide bonds. The Morgan fingerprint density at radius 1 is 1.18 bits per heavy atom. The molecule has 0 aliphatic rings. The van der Waals surface area contributed by atoms with Crippen molar-refractivity contribution >= 4 is 11.9 Å². The van der Waals surface area contributed by atoms with E-state index in [2.05, 4.69) is 0 Å². The summed E-state index contributed by atoms with van der Waals surface area (Å²) in [6.45, 7) is -0.870. The molecule has 0 spiro atoms. The predicted molar refractivity (Wildman–Crippen MR) is 53.5 cm³/mol. The molecule has 0 heterocycles. The molecule has 0 aliphatic heterocycles. The van der Waals surface area contributed by atoms with Crippen LogP contribution in [0, 0.1) is 0 Å². The fraction of sp³-hybridized carbons (Fsp3) is 0.750. The number of aliphatic hydroxyl groups excluding tert-OH is 5. The number of carbonyl (C=O) groups excluding carboxylic acids is 2. The highest BCUT2D eigenvalue weighted by Crippen LogP contribution is 2.07. The maximum absolute atomic E-state index is 11.3. The summed E-state index contributed by atoms with van der Waals surface area (Å²) in [5, 5.41) is 45.3. The van der Waals surface area contributed by atoms with E-state index in [4.69, 9.17) is 15.9 Å². The van der Waals surface area contributed by atoms with E-state index in [-0.39, 0.29) is 0 Å². The summed E-state index contributed by atoms with van der Waals surface area (Å²) < 4.78 is 0. The van der Waals surface area contributed by atoms with Gasteiger partial charge in [0.2, 0.25) is 0 Å². The van der Waals surface area contributed by atoms with Crippen LogP contribution in [0.5, 0.6) is 0 Å². The van der Waals surface area contributed by atoms with Crippen LogP contribution in [0.1, 0.15) is 0 Å². The molecule has 0 aliphatic carbocycles. The predicted octanol–water partition coefficient (Wildman–Crippen LogP) is -4.04. The van der Waals surface area contributed by atoms with Crippen LogP contribution < -0.4 is 5.73 Å². The summed E-state index contributed by atoms with van der Waals surface area (Å²) in [6.07, 6.45) is -7.89. The Labute approximate surface area is 96.7 Å². The van der Waals surface area contributed by atoms with Crippen molar-refractivity contribution in [2.24, 2.45) is 5.73 Å². The second kappa shape index (κ2) is 6.47. The van der Waals surface area contributed by atoms with Gasteiger partial charge in [0.25, 0.3) is 5.91 Å². The van der Waals surface area contributed by atoms with Crippen molar-refractivity contribution in [1.29, 1.82) is 0 Å². The second-order valence-corrected chi connectivity index (χ2v) is 3.41. The maximum Gasteiger partial charge on any atom is 0.321 e. The lowest BCUT2D eigenvalue weighted by Crippen LogP contribution is -2.53. The van der Waals surface area contributed by atoms with Gasteiger partial charge in [-0.05, 0) is 0 Å². The number of hydrogen-bond acceptors (Lipinski definition) is 7.